The Morgan fingerprint density at radius 1 is 1.47 bits per heavy atom. The minimum Gasteiger partial charge on any atom is -0.353 e. The van der Waals surface area contributed by atoms with Gasteiger partial charge in [-0.3, -0.25) is 4.79 Å². The summed E-state index contributed by atoms with van der Waals surface area (Å²) in [6.07, 6.45) is 2.57. The highest BCUT2D eigenvalue weighted by atomic mass is 32.2. The highest BCUT2D eigenvalue weighted by Gasteiger charge is 2.11. The predicted molar refractivity (Wildman–Crippen MR) is 80.8 cm³/mol. The zero-order valence-corrected chi connectivity index (χ0v) is 12.9. The molecule has 4 nitrogen and oxygen atoms in total. The maximum Gasteiger partial charge on any atom is 0.230 e. The number of nitrogens with one attached hydrogen (secondary N) is 1. The molecule has 0 atom stereocenters. The monoisotopic (exact) mass is 295 g/mol. The largest absolute Gasteiger partial charge is 0.353 e. The van der Waals surface area contributed by atoms with Crippen molar-refractivity contribution in [2.24, 2.45) is 0 Å². The van der Waals surface area contributed by atoms with Gasteiger partial charge in [0.15, 0.2) is 0 Å². The van der Waals surface area contributed by atoms with Crippen molar-refractivity contribution in [3.05, 3.63) is 17.3 Å². The van der Waals surface area contributed by atoms with Gasteiger partial charge in [-0.05, 0) is 26.3 Å². The molecule has 2 rings (SSSR count). The van der Waals surface area contributed by atoms with E-state index in [4.69, 9.17) is 0 Å². The third-order valence-electron chi connectivity index (χ3n) is 2.48. The Kier molecular flexibility index (Phi) is 4.76. The normalized spacial score (nSPS) is 11.2. The number of aryl methyl sites for hydroxylation is 1. The molecule has 6 heteroatoms. The first kappa shape index (κ1) is 14.3. The lowest BCUT2D eigenvalue weighted by Crippen LogP contribution is -2.31. The van der Waals surface area contributed by atoms with E-state index < -0.39 is 0 Å². The van der Waals surface area contributed by atoms with Crippen molar-refractivity contribution in [3.8, 4) is 0 Å². The van der Waals surface area contributed by atoms with E-state index in [1.165, 1.54) is 16.6 Å². The number of hydrogen-bond acceptors (Lipinski definition) is 5. The molecule has 1 N–H and O–H groups in total. The average Bonchev–Trinajstić information content (AvgIpc) is 2.78. The third kappa shape index (κ3) is 3.67. The summed E-state index contributed by atoms with van der Waals surface area (Å²) in [5.74, 6) is 0.430. The van der Waals surface area contributed by atoms with Gasteiger partial charge in [-0.2, -0.15) is 0 Å². The number of amides is 1. The van der Waals surface area contributed by atoms with E-state index in [1.807, 2.05) is 13.8 Å². The molecule has 0 saturated heterocycles. The minimum absolute atomic E-state index is 0.0395. The van der Waals surface area contributed by atoms with Crippen LogP contribution in [0.15, 0.2) is 17.4 Å². The number of carbonyl (C=O) groups is 1. The number of hydrogen-bond donors (Lipinski definition) is 1. The number of rotatable bonds is 5. The van der Waals surface area contributed by atoms with Gasteiger partial charge in [-0.1, -0.05) is 18.7 Å². The lowest BCUT2D eigenvalue weighted by atomic mass is 10.3. The molecule has 19 heavy (non-hydrogen) atoms. The number of carbonyl (C=O) groups excluding carboxylic acids is 1. The highest BCUT2D eigenvalue weighted by molar-refractivity contribution is 8.00. The summed E-state index contributed by atoms with van der Waals surface area (Å²) in [6, 6.07) is 2.30. The van der Waals surface area contributed by atoms with E-state index in [1.54, 1.807) is 17.7 Å². The fraction of sp³-hybridized carbons (Fsp3) is 0.462. The van der Waals surface area contributed by atoms with Crippen molar-refractivity contribution < 1.29 is 4.79 Å². The van der Waals surface area contributed by atoms with Gasteiger partial charge in [0, 0.05) is 16.3 Å². The molecule has 0 fully saturated rings. The Morgan fingerprint density at radius 3 is 2.95 bits per heavy atom. The molecular formula is C13H17N3OS2. The summed E-state index contributed by atoms with van der Waals surface area (Å²) in [4.78, 5) is 22.5. The Bertz CT molecular complexity index is 580. The lowest BCUT2D eigenvalue weighted by molar-refractivity contribution is -0.119. The van der Waals surface area contributed by atoms with Crippen molar-refractivity contribution in [1.29, 1.82) is 0 Å². The molecule has 2 aromatic rings. The summed E-state index contributed by atoms with van der Waals surface area (Å²) in [5, 5.41) is 4.83. The summed E-state index contributed by atoms with van der Waals surface area (Å²) in [7, 11) is 0. The maximum atomic E-state index is 11.7. The van der Waals surface area contributed by atoms with E-state index in [0.717, 1.165) is 21.7 Å². The van der Waals surface area contributed by atoms with Crippen LogP contribution in [0.1, 0.15) is 25.6 Å². The van der Waals surface area contributed by atoms with Crippen molar-refractivity contribution in [2.75, 3.05) is 5.75 Å². The van der Waals surface area contributed by atoms with Crippen LogP contribution in [0.3, 0.4) is 0 Å². The number of thiophene rings is 1. The molecule has 1 amide bonds. The predicted octanol–water partition coefficient (Wildman–Crippen LogP) is 2.87. The Hall–Kier alpha value is -1.14. The second-order valence-electron chi connectivity index (χ2n) is 4.47. The molecule has 0 aliphatic rings. The zero-order valence-electron chi connectivity index (χ0n) is 11.3. The first-order chi connectivity index (χ1) is 9.10. The fourth-order valence-corrected chi connectivity index (χ4v) is 3.45. The van der Waals surface area contributed by atoms with E-state index in [9.17, 15) is 4.79 Å². The molecule has 0 aliphatic heterocycles. The molecule has 0 radical (unpaired) electrons. The molecule has 2 aromatic heterocycles. The first-order valence-electron chi connectivity index (χ1n) is 6.25. The fourth-order valence-electron chi connectivity index (χ4n) is 1.67. The number of aromatic nitrogens is 2. The third-order valence-corrected chi connectivity index (χ3v) is 4.67. The Morgan fingerprint density at radius 2 is 2.26 bits per heavy atom. The Balaban J connectivity index is 2.12. The van der Waals surface area contributed by atoms with Gasteiger partial charge in [0.25, 0.3) is 0 Å². The van der Waals surface area contributed by atoms with Gasteiger partial charge in [0.2, 0.25) is 5.91 Å². The van der Waals surface area contributed by atoms with Gasteiger partial charge in [-0.25, -0.2) is 9.97 Å². The van der Waals surface area contributed by atoms with Crippen LogP contribution in [0.25, 0.3) is 10.2 Å². The number of nitrogens with zero attached hydrogens (tertiary/aromatic N) is 2. The summed E-state index contributed by atoms with van der Waals surface area (Å²) >= 11 is 3.16. The molecule has 0 bridgehead atoms. The van der Waals surface area contributed by atoms with Gasteiger partial charge < -0.3 is 5.32 Å². The molecular weight excluding hydrogens is 278 g/mol. The van der Waals surface area contributed by atoms with Gasteiger partial charge in [-0.15, -0.1) is 11.3 Å². The first-order valence-corrected chi connectivity index (χ1v) is 8.06. The molecule has 0 spiro atoms. The second kappa shape index (κ2) is 6.34. The lowest BCUT2D eigenvalue weighted by Gasteiger charge is -2.07. The van der Waals surface area contributed by atoms with Gasteiger partial charge in [0.05, 0.1) is 5.75 Å². The molecule has 2 heterocycles. The summed E-state index contributed by atoms with van der Waals surface area (Å²) in [5.41, 5.74) is 0. The molecule has 0 aliphatic carbocycles. The van der Waals surface area contributed by atoms with Crippen LogP contribution in [-0.2, 0) is 11.2 Å². The van der Waals surface area contributed by atoms with Crippen LogP contribution in [0.5, 0.6) is 0 Å². The van der Waals surface area contributed by atoms with E-state index in [2.05, 4.69) is 28.3 Å². The van der Waals surface area contributed by atoms with Crippen LogP contribution in [0, 0.1) is 0 Å². The SMILES string of the molecule is CCc1cc2c(SCC(=O)NC(C)C)ncnc2s1. The molecule has 0 saturated carbocycles. The van der Waals surface area contributed by atoms with E-state index >= 15 is 0 Å². The minimum atomic E-state index is 0.0395. The van der Waals surface area contributed by atoms with Gasteiger partial charge in [0.1, 0.15) is 16.2 Å². The number of fused-ring (bicyclic) bond motifs is 1. The van der Waals surface area contributed by atoms with Gasteiger partial charge >= 0.3 is 0 Å². The van der Waals surface area contributed by atoms with Crippen LogP contribution < -0.4 is 5.32 Å². The van der Waals surface area contributed by atoms with Crippen LogP contribution in [-0.4, -0.2) is 27.7 Å². The quantitative estimate of drug-likeness (QED) is 0.681. The van der Waals surface area contributed by atoms with E-state index in [-0.39, 0.29) is 11.9 Å². The molecule has 0 aromatic carbocycles. The Labute approximate surface area is 121 Å². The van der Waals surface area contributed by atoms with Crippen LogP contribution in [0.4, 0.5) is 0 Å². The smallest absolute Gasteiger partial charge is 0.230 e. The topological polar surface area (TPSA) is 54.9 Å². The van der Waals surface area contributed by atoms with Crippen molar-refractivity contribution >= 4 is 39.2 Å². The maximum absolute atomic E-state index is 11.7. The van der Waals surface area contributed by atoms with Crippen molar-refractivity contribution in [1.82, 2.24) is 15.3 Å². The molecule has 0 unspecified atom stereocenters. The zero-order chi connectivity index (χ0) is 13.8. The number of thioether (sulfide) groups is 1. The van der Waals surface area contributed by atoms with Crippen LogP contribution in [0.2, 0.25) is 0 Å². The highest BCUT2D eigenvalue weighted by Crippen LogP contribution is 2.30. The average molecular weight is 295 g/mol. The van der Waals surface area contributed by atoms with Crippen molar-refractivity contribution in [3.63, 3.8) is 0 Å². The standard InChI is InChI=1S/C13H17N3OS2/c1-4-9-5-10-12(14-7-15-13(10)19-9)18-6-11(17)16-8(2)3/h5,7-8H,4,6H2,1-3H3,(H,16,17). The van der Waals surface area contributed by atoms with E-state index in [0.29, 0.717) is 5.75 Å². The second-order valence-corrected chi connectivity index (χ2v) is 6.55. The summed E-state index contributed by atoms with van der Waals surface area (Å²) < 4.78 is 0. The van der Waals surface area contributed by atoms with Crippen LogP contribution >= 0.6 is 23.1 Å². The van der Waals surface area contributed by atoms with Crippen molar-refractivity contribution in [2.45, 2.75) is 38.3 Å². The molecule has 102 valence electrons. The summed E-state index contributed by atoms with van der Waals surface area (Å²) in [6.45, 7) is 6.04.